The Labute approximate surface area is 112 Å². The van der Waals surface area contributed by atoms with Crippen LogP contribution in [0.1, 0.15) is 17.7 Å². The maximum atomic E-state index is 5.91. The molecule has 5 heteroatoms. The second-order valence-corrected chi connectivity index (χ2v) is 5.96. The summed E-state index contributed by atoms with van der Waals surface area (Å²) in [7, 11) is 0. The number of rotatable bonds is 3. The summed E-state index contributed by atoms with van der Waals surface area (Å²) >= 11 is 7.59. The van der Waals surface area contributed by atoms with Crippen molar-refractivity contribution in [3.63, 3.8) is 0 Å². The summed E-state index contributed by atoms with van der Waals surface area (Å²) in [4.78, 5) is 3.86. The number of piperidine rings is 1. The first-order chi connectivity index (χ1) is 7.28. The highest BCUT2D eigenvalue weighted by molar-refractivity contribution is 7.16. The Morgan fingerprint density at radius 3 is 2.56 bits per heavy atom. The molecule has 1 aliphatic heterocycles. The molecule has 0 atom stereocenters. The van der Waals surface area contributed by atoms with Crippen molar-refractivity contribution in [2.45, 2.75) is 19.4 Å². The average molecular weight is 281 g/mol. The van der Waals surface area contributed by atoms with Crippen LogP contribution in [-0.4, -0.2) is 24.5 Å². The number of likely N-dealkylation sites (tertiary alicyclic amines) is 1. The largest absolute Gasteiger partial charge is 0.330 e. The van der Waals surface area contributed by atoms with Crippen molar-refractivity contribution < 1.29 is 0 Å². The molecule has 92 valence electrons. The summed E-state index contributed by atoms with van der Waals surface area (Å²) in [5, 5.41) is 0. The maximum Gasteiger partial charge on any atom is 0.0931 e. The van der Waals surface area contributed by atoms with E-state index < -0.39 is 0 Å². The first-order valence-corrected chi connectivity index (χ1v) is 6.64. The summed E-state index contributed by atoms with van der Waals surface area (Å²) in [6, 6.07) is 4.11. The molecule has 0 aliphatic carbocycles. The Kier molecular flexibility index (Phi) is 6.08. The summed E-state index contributed by atoms with van der Waals surface area (Å²) < 4.78 is 0.891. The molecule has 16 heavy (non-hydrogen) atoms. The molecule has 2 heterocycles. The van der Waals surface area contributed by atoms with Crippen LogP contribution in [0.3, 0.4) is 0 Å². The Bertz CT molecular complexity index is 309. The fourth-order valence-corrected chi connectivity index (χ4v) is 3.17. The van der Waals surface area contributed by atoms with Crippen LogP contribution >= 0.6 is 35.3 Å². The zero-order valence-electron chi connectivity index (χ0n) is 9.19. The van der Waals surface area contributed by atoms with E-state index in [0.29, 0.717) is 0 Å². The molecule has 1 aromatic heterocycles. The van der Waals surface area contributed by atoms with Gasteiger partial charge in [-0.3, -0.25) is 4.90 Å². The van der Waals surface area contributed by atoms with Crippen LogP contribution in [0.15, 0.2) is 12.1 Å². The second kappa shape index (κ2) is 6.82. The highest BCUT2D eigenvalue weighted by Gasteiger charge is 2.18. The molecule has 0 saturated carbocycles. The molecule has 2 nitrogen and oxygen atoms in total. The standard InChI is InChI=1S/C11H17ClN2S.ClH/c12-11-2-1-10(15-11)8-14-5-3-9(7-13)4-6-14;/h1-2,9H,3-8,13H2;1H. The minimum atomic E-state index is 0. The lowest BCUT2D eigenvalue weighted by atomic mass is 9.97. The molecule has 1 aromatic rings. The van der Waals surface area contributed by atoms with Crippen LogP contribution in [-0.2, 0) is 6.54 Å². The number of nitrogens with zero attached hydrogens (tertiary/aromatic N) is 1. The van der Waals surface area contributed by atoms with E-state index in [1.165, 1.54) is 30.8 Å². The van der Waals surface area contributed by atoms with E-state index in [0.717, 1.165) is 23.3 Å². The SMILES string of the molecule is Cl.NCC1CCN(Cc2ccc(Cl)s2)CC1. The highest BCUT2D eigenvalue weighted by Crippen LogP contribution is 2.24. The van der Waals surface area contributed by atoms with Crippen molar-refractivity contribution in [2.75, 3.05) is 19.6 Å². The predicted octanol–water partition coefficient (Wildman–Crippen LogP) is 2.99. The molecule has 0 aromatic carbocycles. The van der Waals surface area contributed by atoms with Gasteiger partial charge in [-0.1, -0.05) is 11.6 Å². The Morgan fingerprint density at radius 2 is 2.06 bits per heavy atom. The van der Waals surface area contributed by atoms with E-state index in [4.69, 9.17) is 17.3 Å². The van der Waals surface area contributed by atoms with E-state index in [9.17, 15) is 0 Å². The number of hydrogen-bond donors (Lipinski definition) is 1. The molecule has 0 bridgehead atoms. The maximum absolute atomic E-state index is 5.91. The smallest absolute Gasteiger partial charge is 0.0931 e. The first-order valence-electron chi connectivity index (χ1n) is 5.44. The molecule has 2 N–H and O–H groups in total. The van der Waals surface area contributed by atoms with Crippen molar-refractivity contribution in [1.82, 2.24) is 4.90 Å². The molecule has 0 radical (unpaired) electrons. The first kappa shape index (κ1) is 14.3. The summed E-state index contributed by atoms with van der Waals surface area (Å²) in [5.74, 6) is 0.744. The molecule has 1 aliphatic rings. The van der Waals surface area contributed by atoms with E-state index in [2.05, 4.69) is 11.0 Å². The topological polar surface area (TPSA) is 29.3 Å². The Balaban J connectivity index is 0.00000128. The molecule has 0 spiro atoms. The van der Waals surface area contributed by atoms with Gasteiger partial charge in [0.05, 0.1) is 4.34 Å². The van der Waals surface area contributed by atoms with Crippen LogP contribution in [0.5, 0.6) is 0 Å². The van der Waals surface area contributed by atoms with Gasteiger partial charge in [-0.05, 0) is 50.5 Å². The fourth-order valence-electron chi connectivity index (χ4n) is 2.04. The van der Waals surface area contributed by atoms with Crippen molar-refractivity contribution >= 4 is 35.3 Å². The van der Waals surface area contributed by atoms with Crippen molar-refractivity contribution in [1.29, 1.82) is 0 Å². The van der Waals surface area contributed by atoms with Gasteiger partial charge in [0.15, 0.2) is 0 Å². The van der Waals surface area contributed by atoms with Gasteiger partial charge in [-0.15, -0.1) is 23.7 Å². The van der Waals surface area contributed by atoms with Gasteiger partial charge in [-0.2, -0.15) is 0 Å². The summed E-state index contributed by atoms with van der Waals surface area (Å²) in [6.07, 6.45) is 2.49. The zero-order chi connectivity index (χ0) is 10.7. The van der Waals surface area contributed by atoms with E-state index in [1.54, 1.807) is 11.3 Å². The fraction of sp³-hybridized carbons (Fsp3) is 0.636. The normalized spacial score (nSPS) is 18.4. The Morgan fingerprint density at radius 1 is 1.38 bits per heavy atom. The van der Waals surface area contributed by atoms with E-state index in [1.807, 2.05) is 6.07 Å². The number of hydrogen-bond acceptors (Lipinski definition) is 3. The van der Waals surface area contributed by atoms with Crippen LogP contribution in [0.2, 0.25) is 4.34 Å². The lowest BCUT2D eigenvalue weighted by Crippen LogP contribution is -2.35. The van der Waals surface area contributed by atoms with Crippen molar-refractivity contribution in [3.8, 4) is 0 Å². The van der Waals surface area contributed by atoms with E-state index in [-0.39, 0.29) is 12.4 Å². The molecule has 0 unspecified atom stereocenters. The summed E-state index contributed by atoms with van der Waals surface area (Å²) in [5.41, 5.74) is 5.67. The van der Waals surface area contributed by atoms with Crippen LogP contribution in [0.4, 0.5) is 0 Å². The predicted molar refractivity (Wildman–Crippen MR) is 73.6 cm³/mol. The van der Waals surface area contributed by atoms with Gasteiger partial charge >= 0.3 is 0 Å². The molecule has 1 saturated heterocycles. The minimum Gasteiger partial charge on any atom is -0.330 e. The number of thiophene rings is 1. The van der Waals surface area contributed by atoms with E-state index >= 15 is 0 Å². The molecule has 1 fully saturated rings. The monoisotopic (exact) mass is 280 g/mol. The van der Waals surface area contributed by atoms with Crippen molar-refractivity contribution in [3.05, 3.63) is 21.3 Å². The minimum absolute atomic E-state index is 0. The third-order valence-corrected chi connectivity index (χ3v) is 4.26. The molecule has 2 rings (SSSR count). The third-order valence-electron chi connectivity index (χ3n) is 3.05. The highest BCUT2D eigenvalue weighted by atomic mass is 35.5. The number of halogens is 2. The summed E-state index contributed by atoms with van der Waals surface area (Å²) in [6.45, 7) is 4.25. The lowest BCUT2D eigenvalue weighted by Gasteiger charge is -2.30. The average Bonchev–Trinajstić information content (AvgIpc) is 2.65. The van der Waals surface area contributed by atoms with Crippen LogP contribution < -0.4 is 5.73 Å². The van der Waals surface area contributed by atoms with Gasteiger partial charge in [0.1, 0.15) is 0 Å². The molecular formula is C11H18Cl2N2S. The zero-order valence-corrected chi connectivity index (χ0v) is 11.6. The Hall–Kier alpha value is 0.200. The van der Waals surface area contributed by atoms with Crippen molar-refractivity contribution in [2.24, 2.45) is 11.7 Å². The van der Waals surface area contributed by atoms with Crippen LogP contribution in [0.25, 0.3) is 0 Å². The van der Waals surface area contributed by atoms with Crippen LogP contribution in [0, 0.1) is 5.92 Å². The molecule has 0 amide bonds. The quantitative estimate of drug-likeness (QED) is 0.923. The van der Waals surface area contributed by atoms with Gasteiger partial charge < -0.3 is 5.73 Å². The van der Waals surface area contributed by atoms with Gasteiger partial charge in [0, 0.05) is 11.4 Å². The lowest BCUT2D eigenvalue weighted by molar-refractivity contribution is 0.182. The second-order valence-electron chi connectivity index (χ2n) is 4.16. The number of nitrogens with two attached hydrogens (primary N) is 1. The molecular weight excluding hydrogens is 263 g/mol. The van der Waals surface area contributed by atoms with Gasteiger partial charge in [-0.25, -0.2) is 0 Å². The third kappa shape index (κ3) is 3.90. The van der Waals surface area contributed by atoms with Gasteiger partial charge in [0.25, 0.3) is 0 Å². The van der Waals surface area contributed by atoms with Gasteiger partial charge in [0.2, 0.25) is 0 Å².